The molecule has 1 heterocycles. The Hall–Kier alpha value is -2.91. The standard InChI is InChI=1S/C22H25NO7S/c1-15(21(24)16-8-10-18(11-9-16)23-31(2,26)27)30-22(25)17-5-3-6-19(13-17)29-14-20-7-4-12-28-20/h3,5-6,8-11,13,15,20,23H,4,7,12,14H2,1-2H3/t15-,20+/m1/s1. The third kappa shape index (κ3) is 6.80. The maximum atomic E-state index is 12.6. The summed E-state index contributed by atoms with van der Waals surface area (Å²) >= 11 is 0. The van der Waals surface area contributed by atoms with E-state index in [4.69, 9.17) is 14.2 Å². The number of esters is 1. The quantitative estimate of drug-likeness (QED) is 0.465. The minimum absolute atomic E-state index is 0.0623. The maximum Gasteiger partial charge on any atom is 0.338 e. The van der Waals surface area contributed by atoms with E-state index >= 15 is 0 Å². The highest BCUT2D eigenvalue weighted by Crippen LogP contribution is 2.19. The Labute approximate surface area is 181 Å². The van der Waals surface area contributed by atoms with Crippen molar-refractivity contribution in [3.05, 3.63) is 59.7 Å². The summed E-state index contributed by atoms with van der Waals surface area (Å²) in [5.74, 6) is -0.512. The normalized spacial score (nSPS) is 17.0. The predicted octanol–water partition coefficient (Wildman–Crippen LogP) is 3.04. The lowest BCUT2D eigenvalue weighted by Crippen LogP contribution is -2.24. The van der Waals surface area contributed by atoms with Crippen LogP contribution in [0.1, 0.15) is 40.5 Å². The first-order chi connectivity index (χ1) is 14.7. The van der Waals surface area contributed by atoms with Crippen molar-refractivity contribution < 1.29 is 32.2 Å². The minimum atomic E-state index is -3.41. The molecular formula is C22H25NO7S. The molecule has 1 aliphatic rings. The summed E-state index contributed by atoms with van der Waals surface area (Å²) < 4.78 is 41.4. The largest absolute Gasteiger partial charge is 0.491 e. The zero-order valence-corrected chi connectivity index (χ0v) is 18.2. The number of hydrogen-bond acceptors (Lipinski definition) is 7. The zero-order valence-electron chi connectivity index (χ0n) is 17.4. The molecule has 3 rings (SSSR count). The molecule has 0 radical (unpaired) electrons. The molecule has 1 aliphatic heterocycles. The molecule has 9 heteroatoms. The molecule has 2 aromatic rings. The molecule has 0 amide bonds. The highest BCUT2D eigenvalue weighted by atomic mass is 32.2. The van der Waals surface area contributed by atoms with Gasteiger partial charge in [0.15, 0.2) is 6.10 Å². The minimum Gasteiger partial charge on any atom is -0.491 e. The first-order valence-electron chi connectivity index (χ1n) is 9.89. The Morgan fingerprint density at radius 1 is 1.16 bits per heavy atom. The number of ether oxygens (including phenoxy) is 3. The molecule has 0 bridgehead atoms. The lowest BCUT2D eigenvalue weighted by atomic mass is 10.1. The Morgan fingerprint density at radius 2 is 1.90 bits per heavy atom. The van der Waals surface area contributed by atoms with Crippen LogP contribution in [0.3, 0.4) is 0 Å². The van der Waals surface area contributed by atoms with Gasteiger partial charge in [0, 0.05) is 17.9 Å². The second-order valence-electron chi connectivity index (χ2n) is 7.34. The summed E-state index contributed by atoms with van der Waals surface area (Å²) in [6.45, 7) is 2.64. The SMILES string of the molecule is C[C@@H](OC(=O)c1cccc(OC[C@@H]2CCCO2)c1)C(=O)c1ccc(NS(C)(=O)=O)cc1. The molecule has 1 saturated heterocycles. The lowest BCUT2D eigenvalue weighted by Gasteiger charge is -2.14. The second-order valence-corrected chi connectivity index (χ2v) is 9.09. The Morgan fingerprint density at radius 3 is 2.55 bits per heavy atom. The van der Waals surface area contributed by atoms with Gasteiger partial charge in [0.2, 0.25) is 15.8 Å². The van der Waals surface area contributed by atoms with Gasteiger partial charge in [-0.1, -0.05) is 6.07 Å². The van der Waals surface area contributed by atoms with Crippen LogP contribution in [0.4, 0.5) is 5.69 Å². The molecule has 8 nitrogen and oxygen atoms in total. The number of sulfonamides is 1. The van der Waals surface area contributed by atoms with E-state index in [1.807, 2.05) is 0 Å². The zero-order chi connectivity index (χ0) is 22.4. The fraction of sp³-hybridized carbons (Fsp3) is 0.364. The van der Waals surface area contributed by atoms with Crippen molar-refractivity contribution >= 4 is 27.5 Å². The molecule has 166 valence electrons. The lowest BCUT2D eigenvalue weighted by molar-refractivity contribution is 0.0318. The van der Waals surface area contributed by atoms with Crippen LogP contribution in [0.2, 0.25) is 0 Å². The van der Waals surface area contributed by atoms with E-state index in [0.717, 1.165) is 25.7 Å². The third-order valence-corrected chi connectivity index (χ3v) is 5.26. The Balaban J connectivity index is 1.58. The number of rotatable bonds is 9. The molecule has 2 atom stereocenters. The van der Waals surface area contributed by atoms with E-state index in [2.05, 4.69) is 4.72 Å². The number of Topliss-reactive ketones (excluding diaryl/α,β-unsaturated/α-hetero) is 1. The van der Waals surface area contributed by atoms with E-state index in [-0.39, 0.29) is 11.7 Å². The monoisotopic (exact) mass is 447 g/mol. The molecule has 0 unspecified atom stereocenters. The van der Waals surface area contributed by atoms with E-state index < -0.39 is 27.9 Å². The van der Waals surface area contributed by atoms with E-state index in [9.17, 15) is 18.0 Å². The number of carbonyl (C=O) groups excluding carboxylic acids is 2. The number of hydrogen-bond donors (Lipinski definition) is 1. The maximum absolute atomic E-state index is 12.6. The van der Waals surface area contributed by atoms with Crippen LogP contribution >= 0.6 is 0 Å². The van der Waals surface area contributed by atoms with Gasteiger partial charge in [0.1, 0.15) is 12.4 Å². The summed E-state index contributed by atoms with van der Waals surface area (Å²) in [4.78, 5) is 25.1. The fourth-order valence-electron chi connectivity index (χ4n) is 3.11. The van der Waals surface area contributed by atoms with Gasteiger partial charge >= 0.3 is 5.97 Å². The number of benzene rings is 2. The molecule has 0 saturated carbocycles. The first-order valence-corrected chi connectivity index (χ1v) is 11.8. The Bertz CT molecular complexity index is 1030. The van der Waals surface area contributed by atoms with Crippen LogP contribution < -0.4 is 9.46 Å². The van der Waals surface area contributed by atoms with Gasteiger partial charge in [-0.05, 0) is 62.2 Å². The van der Waals surface area contributed by atoms with E-state index in [1.165, 1.54) is 31.2 Å². The van der Waals surface area contributed by atoms with Crippen molar-refractivity contribution in [2.45, 2.75) is 32.0 Å². The molecule has 1 fully saturated rings. The van der Waals surface area contributed by atoms with Crippen molar-refractivity contribution in [1.29, 1.82) is 0 Å². The number of anilines is 1. The molecular weight excluding hydrogens is 422 g/mol. The Kier molecular flexibility index (Phi) is 7.29. The first kappa shape index (κ1) is 22.8. The van der Waals surface area contributed by atoms with Gasteiger partial charge in [-0.25, -0.2) is 13.2 Å². The highest BCUT2D eigenvalue weighted by Gasteiger charge is 2.21. The van der Waals surface area contributed by atoms with Crippen LogP contribution in [0.15, 0.2) is 48.5 Å². The van der Waals surface area contributed by atoms with Gasteiger partial charge in [-0.3, -0.25) is 9.52 Å². The van der Waals surface area contributed by atoms with Crippen molar-refractivity contribution in [2.75, 3.05) is 24.2 Å². The van der Waals surface area contributed by atoms with E-state index in [0.29, 0.717) is 23.6 Å². The summed E-state index contributed by atoms with van der Waals surface area (Å²) in [6, 6.07) is 12.5. The fourth-order valence-corrected chi connectivity index (χ4v) is 3.68. The van der Waals surface area contributed by atoms with Crippen molar-refractivity contribution in [1.82, 2.24) is 0 Å². The van der Waals surface area contributed by atoms with Crippen LogP contribution in [-0.2, 0) is 19.5 Å². The highest BCUT2D eigenvalue weighted by molar-refractivity contribution is 7.92. The number of ketones is 1. The van der Waals surface area contributed by atoms with Gasteiger partial charge in [0.25, 0.3) is 0 Å². The summed E-state index contributed by atoms with van der Waals surface area (Å²) in [7, 11) is -3.41. The molecule has 31 heavy (non-hydrogen) atoms. The smallest absolute Gasteiger partial charge is 0.338 e. The third-order valence-electron chi connectivity index (χ3n) is 4.66. The number of nitrogens with one attached hydrogen (secondary N) is 1. The molecule has 0 aromatic heterocycles. The van der Waals surface area contributed by atoms with Crippen LogP contribution in [0.5, 0.6) is 5.75 Å². The van der Waals surface area contributed by atoms with Crippen molar-refractivity contribution in [2.24, 2.45) is 0 Å². The van der Waals surface area contributed by atoms with E-state index in [1.54, 1.807) is 24.3 Å². The summed E-state index contributed by atoms with van der Waals surface area (Å²) in [5.41, 5.74) is 0.911. The molecule has 2 aromatic carbocycles. The van der Waals surface area contributed by atoms with Crippen molar-refractivity contribution in [3.8, 4) is 5.75 Å². The summed E-state index contributed by atoms with van der Waals surface area (Å²) in [5, 5.41) is 0. The van der Waals surface area contributed by atoms with Crippen LogP contribution in [0.25, 0.3) is 0 Å². The average molecular weight is 448 g/mol. The van der Waals surface area contributed by atoms with Gasteiger partial charge < -0.3 is 14.2 Å². The van der Waals surface area contributed by atoms with Crippen molar-refractivity contribution in [3.63, 3.8) is 0 Å². The summed E-state index contributed by atoms with van der Waals surface area (Å²) in [6.07, 6.45) is 2.05. The van der Waals surface area contributed by atoms with Gasteiger partial charge in [0.05, 0.1) is 17.9 Å². The second kappa shape index (κ2) is 9.93. The topological polar surface area (TPSA) is 108 Å². The van der Waals surface area contributed by atoms with Gasteiger partial charge in [-0.15, -0.1) is 0 Å². The number of carbonyl (C=O) groups is 2. The molecule has 0 aliphatic carbocycles. The molecule has 0 spiro atoms. The average Bonchev–Trinajstić information content (AvgIpc) is 3.25. The van der Waals surface area contributed by atoms with Crippen LogP contribution in [-0.4, -0.2) is 51.8 Å². The van der Waals surface area contributed by atoms with Crippen LogP contribution in [0, 0.1) is 0 Å². The molecule has 1 N–H and O–H groups in total. The van der Waals surface area contributed by atoms with Gasteiger partial charge in [-0.2, -0.15) is 0 Å². The predicted molar refractivity (Wildman–Crippen MR) is 115 cm³/mol.